The second-order valence-corrected chi connectivity index (χ2v) is 5.04. The Hall–Kier alpha value is -1.94. The summed E-state index contributed by atoms with van der Waals surface area (Å²) in [6.45, 7) is 3.86. The molecule has 0 aromatic heterocycles. The number of nitrogens with one attached hydrogen (secondary N) is 1. The highest BCUT2D eigenvalue weighted by Crippen LogP contribution is 2.31. The van der Waals surface area contributed by atoms with Crippen molar-refractivity contribution < 1.29 is 13.5 Å². The van der Waals surface area contributed by atoms with E-state index in [0.29, 0.717) is 5.56 Å². The van der Waals surface area contributed by atoms with Gasteiger partial charge in [-0.15, -0.1) is 0 Å². The lowest BCUT2D eigenvalue weighted by atomic mass is 9.93. The number of hydrogen-bond donors (Lipinski definition) is 1. The van der Waals surface area contributed by atoms with E-state index in [1.54, 1.807) is 20.2 Å². The topological polar surface area (TPSA) is 21.3 Å². The molecule has 0 saturated heterocycles. The zero-order chi connectivity index (χ0) is 15.6. The van der Waals surface area contributed by atoms with Gasteiger partial charge in [-0.05, 0) is 49.7 Å². The Morgan fingerprint density at radius 3 is 2.38 bits per heavy atom. The van der Waals surface area contributed by atoms with Crippen molar-refractivity contribution in [2.24, 2.45) is 0 Å². The van der Waals surface area contributed by atoms with Crippen LogP contribution < -0.4 is 10.1 Å². The molecular weight excluding hydrogens is 272 g/mol. The number of benzene rings is 2. The first kappa shape index (κ1) is 15.4. The standard InChI is InChI=1S/C17H19F2NO/c1-10-9-15(21-4)11(2)8-13(10)17(20-3)12-6-5-7-14(18)16(12)19/h5-9,17,20H,1-4H3. The molecule has 0 saturated carbocycles. The summed E-state index contributed by atoms with van der Waals surface area (Å²) in [5.74, 6) is -0.869. The van der Waals surface area contributed by atoms with E-state index in [1.807, 2.05) is 26.0 Å². The van der Waals surface area contributed by atoms with Crippen molar-refractivity contribution in [3.63, 3.8) is 0 Å². The molecule has 2 aromatic rings. The van der Waals surface area contributed by atoms with Gasteiger partial charge in [0.05, 0.1) is 13.2 Å². The largest absolute Gasteiger partial charge is 0.496 e. The van der Waals surface area contributed by atoms with E-state index in [4.69, 9.17) is 4.74 Å². The van der Waals surface area contributed by atoms with Crippen LogP contribution in [0.3, 0.4) is 0 Å². The van der Waals surface area contributed by atoms with Gasteiger partial charge in [-0.25, -0.2) is 8.78 Å². The quantitative estimate of drug-likeness (QED) is 0.922. The molecule has 112 valence electrons. The normalized spacial score (nSPS) is 12.3. The summed E-state index contributed by atoms with van der Waals surface area (Å²) in [5.41, 5.74) is 3.11. The fourth-order valence-electron chi connectivity index (χ4n) is 2.56. The molecule has 2 aromatic carbocycles. The Labute approximate surface area is 123 Å². The first-order valence-corrected chi connectivity index (χ1v) is 6.76. The third-order valence-electron chi connectivity index (χ3n) is 3.68. The molecule has 1 N–H and O–H groups in total. The van der Waals surface area contributed by atoms with E-state index in [2.05, 4.69) is 5.32 Å². The second-order valence-electron chi connectivity index (χ2n) is 5.04. The predicted octanol–water partition coefficient (Wildman–Crippen LogP) is 3.90. The predicted molar refractivity (Wildman–Crippen MR) is 79.7 cm³/mol. The molecule has 0 spiro atoms. The van der Waals surface area contributed by atoms with Gasteiger partial charge in [0.25, 0.3) is 0 Å². The fraction of sp³-hybridized carbons (Fsp3) is 0.294. The van der Waals surface area contributed by atoms with Gasteiger partial charge in [0, 0.05) is 5.56 Å². The Morgan fingerprint density at radius 2 is 1.76 bits per heavy atom. The van der Waals surface area contributed by atoms with Crippen molar-refractivity contribution in [3.05, 3.63) is 64.2 Å². The number of hydrogen-bond acceptors (Lipinski definition) is 2. The van der Waals surface area contributed by atoms with Gasteiger partial charge in [-0.3, -0.25) is 0 Å². The molecule has 2 rings (SSSR count). The summed E-state index contributed by atoms with van der Waals surface area (Å²) in [6, 6.07) is 7.68. The highest BCUT2D eigenvalue weighted by molar-refractivity contribution is 5.46. The van der Waals surface area contributed by atoms with Gasteiger partial charge < -0.3 is 10.1 Å². The van der Waals surface area contributed by atoms with Crippen LogP contribution in [-0.2, 0) is 0 Å². The van der Waals surface area contributed by atoms with Crippen molar-refractivity contribution >= 4 is 0 Å². The van der Waals surface area contributed by atoms with Crippen LogP contribution >= 0.6 is 0 Å². The van der Waals surface area contributed by atoms with E-state index in [0.717, 1.165) is 28.5 Å². The third-order valence-corrected chi connectivity index (χ3v) is 3.68. The van der Waals surface area contributed by atoms with E-state index in [-0.39, 0.29) is 0 Å². The van der Waals surface area contributed by atoms with Crippen LogP contribution in [0.4, 0.5) is 8.78 Å². The molecule has 4 heteroatoms. The minimum absolute atomic E-state index is 0.296. The van der Waals surface area contributed by atoms with Crippen LogP contribution in [0, 0.1) is 25.5 Å². The Bertz CT molecular complexity index is 655. The van der Waals surface area contributed by atoms with E-state index >= 15 is 0 Å². The van der Waals surface area contributed by atoms with E-state index < -0.39 is 17.7 Å². The molecule has 1 unspecified atom stereocenters. The van der Waals surface area contributed by atoms with Crippen molar-refractivity contribution in [3.8, 4) is 5.75 Å². The summed E-state index contributed by atoms with van der Waals surface area (Å²) >= 11 is 0. The maximum atomic E-state index is 14.1. The van der Waals surface area contributed by atoms with Crippen LogP contribution in [0.1, 0.15) is 28.3 Å². The zero-order valence-corrected chi connectivity index (χ0v) is 12.6. The van der Waals surface area contributed by atoms with Crippen LogP contribution in [0.2, 0.25) is 0 Å². The molecule has 21 heavy (non-hydrogen) atoms. The second kappa shape index (κ2) is 6.22. The van der Waals surface area contributed by atoms with Gasteiger partial charge in [0.2, 0.25) is 0 Å². The molecule has 0 aliphatic carbocycles. The van der Waals surface area contributed by atoms with Gasteiger partial charge in [-0.1, -0.05) is 18.2 Å². The lowest BCUT2D eigenvalue weighted by Gasteiger charge is -2.21. The molecule has 0 radical (unpaired) electrons. The van der Waals surface area contributed by atoms with Crippen LogP contribution in [0.25, 0.3) is 0 Å². The number of halogens is 2. The number of rotatable bonds is 4. The maximum Gasteiger partial charge on any atom is 0.163 e. The van der Waals surface area contributed by atoms with Gasteiger partial charge in [0.15, 0.2) is 11.6 Å². The average Bonchev–Trinajstić information content (AvgIpc) is 2.47. The van der Waals surface area contributed by atoms with Gasteiger partial charge in [0.1, 0.15) is 5.75 Å². The number of aryl methyl sites for hydroxylation is 2. The summed E-state index contributed by atoms with van der Waals surface area (Å²) in [6.07, 6.45) is 0. The molecular formula is C17H19F2NO. The highest BCUT2D eigenvalue weighted by Gasteiger charge is 2.21. The Morgan fingerprint density at radius 1 is 1.05 bits per heavy atom. The summed E-state index contributed by atoms with van der Waals surface area (Å²) < 4.78 is 32.8. The lowest BCUT2D eigenvalue weighted by molar-refractivity contribution is 0.411. The molecule has 0 heterocycles. The minimum Gasteiger partial charge on any atom is -0.496 e. The Balaban J connectivity index is 2.57. The van der Waals surface area contributed by atoms with Crippen LogP contribution in [-0.4, -0.2) is 14.2 Å². The van der Waals surface area contributed by atoms with E-state index in [9.17, 15) is 8.78 Å². The summed E-state index contributed by atoms with van der Waals surface area (Å²) in [5, 5.41) is 3.06. The highest BCUT2D eigenvalue weighted by atomic mass is 19.2. The van der Waals surface area contributed by atoms with Crippen molar-refractivity contribution in [2.75, 3.05) is 14.2 Å². The lowest BCUT2D eigenvalue weighted by Crippen LogP contribution is -2.20. The van der Waals surface area contributed by atoms with Crippen LogP contribution in [0.15, 0.2) is 30.3 Å². The number of ether oxygens (including phenoxy) is 1. The smallest absolute Gasteiger partial charge is 0.163 e. The molecule has 0 aliphatic heterocycles. The van der Waals surface area contributed by atoms with Gasteiger partial charge in [-0.2, -0.15) is 0 Å². The molecule has 0 amide bonds. The number of methoxy groups -OCH3 is 1. The van der Waals surface area contributed by atoms with Gasteiger partial charge >= 0.3 is 0 Å². The molecule has 0 aliphatic rings. The summed E-state index contributed by atoms with van der Waals surface area (Å²) in [7, 11) is 3.34. The van der Waals surface area contributed by atoms with Crippen molar-refractivity contribution in [2.45, 2.75) is 19.9 Å². The fourth-order valence-corrected chi connectivity index (χ4v) is 2.56. The minimum atomic E-state index is -0.837. The SMILES string of the molecule is CNC(c1cc(C)c(OC)cc1C)c1cccc(F)c1F. The zero-order valence-electron chi connectivity index (χ0n) is 12.6. The molecule has 0 bridgehead atoms. The van der Waals surface area contributed by atoms with Crippen LogP contribution in [0.5, 0.6) is 5.75 Å². The molecule has 1 atom stereocenters. The van der Waals surface area contributed by atoms with E-state index in [1.165, 1.54) is 6.07 Å². The van der Waals surface area contributed by atoms with Crippen molar-refractivity contribution in [1.82, 2.24) is 5.32 Å². The first-order valence-electron chi connectivity index (χ1n) is 6.76. The monoisotopic (exact) mass is 291 g/mol. The third kappa shape index (κ3) is 2.90. The molecule has 2 nitrogen and oxygen atoms in total. The summed E-state index contributed by atoms with van der Waals surface area (Å²) in [4.78, 5) is 0. The first-order chi connectivity index (χ1) is 9.99. The molecule has 0 fully saturated rings. The van der Waals surface area contributed by atoms with Crippen molar-refractivity contribution in [1.29, 1.82) is 0 Å². The average molecular weight is 291 g/mol. The Kier molecular flexibility index (Phi) is 4.58. The maximum absolute atomic E-state index is 14.1.